The third-order valence-electron chi connectivity index (χ3n) is 6.37. The van der Waals surface area contributed by atoms with E-state index in [2.05, 4.69) is 46.4 Å². The van der Waals surface area contributed by atoms with E-state index in [4.69, 9.17) is 27.6 Å². The van der Waals surface area contributed by atoms with Gasteiger partial charge in [-0.25, -0.2) is 0 Å². The van der Waals surface area contributed by atoms with Crippen molar-refractivity contribution in [1.29, 1.82) is 0 Å². The molecule has 0 spiro atoms. The molecule has 198 valence electrons. The summed E-state index contributed by atoms with van der Waals surface area (Å²) < 4.78 is 5.83. The summed E-state index contributed by atoms with van der Waals surface area (Å²) in [6, 6.07) is 20.7. The number of nitrogens with zero attached hydrogens (tertiary/aromatic N) is 4. The van der Waals surface area contributed by atoms with Gasteiger partial charge in [-0.2, -0.15) is 4.80 Å². The fourth-order valence-electron chi connectivity index (χ4n) is 4.33. The summed E-state index contributed by atoms with van der Waals surface area (Å²) >= 11 is 12.2. The number of nitrogens with one attached hydrogen (secondary N) is 1. The molecule has 2 heterocycles. The van der Waals surface area contributed by atoms with E-state index < -0.39 is 0 Å². The number of amides is 1. The maximum atomic E-state index is 12.7. The third-order valence-corrected chi connectivity index (χ3v) is 6.80. The SMILES string of the molecule is CCN(CC)c1ccc(-n2nc3cc(C)c(NC(=O)/C=C/c4ccc(-c5cc(Cl)cc(Cl)c5)o4)cc3n2)cc1. The van der Waals surface area contributed by atoms with Gasteiger partial charge in [0.15, 0.2) is 0 Å². The van der Waals surface area contributed by atoms with Crippen LogP contribution in [0.4, 0.5) is 11.4 Å². The zero-order chi connectivity index (χ0) is 27.5. The molecule has 3 aromatic carbocycles. The van der Waals surface area contributed by atoms with E-state index >= 15 is 0 Å². The van der Waals surface area contributed by atoms with Crippen LogP contribution in [0.1, 0.15) is 25.2 Å². The zero-order valence-corrected chi connectivity index (χ0v) is 23.3. The Morgan fingerprint density at radius 2 is 1.62 bits per heavy atom. The largest absolute Gasteiger partial charge is 0.457 e. The Morgan fingerprint density at radius 1 is 0.949 bits per heavy atom. The highest BCUT2D eigenvalue weighted by Crippen LogP contribution is 2.29. The zero-order valence-electron chi connectivity index (χ0n) is 21.8. The van der Waals surface area contributed by atoms with Crippen molar-refractivity contribution in [3.05, 3.63) is 94.2 Å². The Kier molecular flexibility index (Phi) is 7.72. The van der Waals surface area contributed by atoms with Gasteiger partial charge in [-0.3, -0.25) is 4.79 Å². The fraction of sp³-hybridized carbons (Fsp3) is 0.167. The molecule has 0 unspecified atom stereocenters. The smallest absolute Gasteiger partial charge is 0.248 e. The molecular weight excluding hydrogens is 533 g/mol. The first-order valence-corrected chi connectivity index (χ1v) is 13.4. The molecule has 0 saturated heterocycles. The Hall–Kier alpha value is -4.07. The number of carbonyl (C=O) groups is 1. The number of carbonyl (C=O) groups excluding carboxylic acids is 1. The number of fused-ring (bicyclic) bond motifs is 1. The number of hydrogen-bond acceptors (Lipinski definition) is 5. The van der Waals surface area contributed by atoms with E-state index in [-0.39, 0.29) is 5.91 Å². The predicted molar refractivity (Wildman–Crippen MR) is 159 cm³/mol. The van der Waals surface area contributed by atoms with Gasteiger partial charge in [0, 0.05) is 46.1 Å². The van der Waals surface area contributed by atoms with Gasteiger partial charge >= 0.3 is 0 Å². The summed E-state index contributed by atoms with van der Waals surface area (Å²) in [7, 11) is 0. The van der Waals surface area contributed by atoms with Crippen molar-refractivity contribution in [2.24, 2.45) is 0 Å². The van der Waals surface area contributed by atoms with E-state index in [0.29, 0.717) is 32.8 Å². The molecule has 0 atom stereocenters. The van der Waals surface area contributed by atoms with Crippen molar-refractivity contribution in [3.8, 4) is 17.0 Å². The van der Waals surface area contributed by atoms with E-state index in [1.165, 1.54) is 6.08 Å². The molecule has 0 aliphatic rings. The number of anilines is 2. The first-order valence-electron chi connectivity index (χ1n) is 12.6. The molecule has 0 saturated carbocycles. The van der Waals surface area contributed by atoms with Crippen LogP contribution in [0.2, 0.25) is 10.0 Å². The molecule has 9 heteroatoms. The van der Waals surface area contributed by atoms with Gasteiger partial charge in [-0.15, -0.1) is 10.2 Å². The lowest BCUT2D eigenvalue weighted by molar-refractivity contribution is -0.111. The van der Waals surface area contributed by atoms with Gasteiger partial charge < -0.3 is 14.6 Å². The molecule has 0 fully saturated rings. The average Bonchev–Trinajstić information content (AvgIpc) is 3.55. The van der Waals surface area contributed by atoms with Gasteiger partial charge in [-0.1, -0.05) is 23.2 Å². The standard InChI is InChI=1S/C30H27Cl2N5O2/c1-4-36(5-2)23-6-8-24(9-7-23)37-34-27-14-19(3)26(18-28(27)35-37)33-30(38)13-11-25-10-12-29(39-25)20-15-21(31)17-22(32)16-20/h6-18H,4-5H2,1-3H3,(H,33,38)/b13-11+. The van der Waals surface area contributed by atoms with Crippen LogP contribution in [-0.4, -0.2) is 34.0 Å². The minimum atomic E-state index is -0.291. The Labute approximate surface area is 236 Å². The Morgan fingerprint density at radius 3 is 2.28 bits per heavy atom. The minimum absolute atomic E-state index is 0.291. The summed E-state index contributed by atoms with van der Waals surface area (Å²) in [4.78, 5) is 16.6. The predicted octanol–water partition coefficient (Wildman–Crippen LogP) is 7.79. The number of furan rings is 1. The molecule has 0 bridgehead atoms. The molecule has 39 heavy (non-hydrogen) atoms. The third kappa shape index (κ3) is 6.00. The summed E-state index contributed by atoms with van der Waals surface area (Å²) in [5.41, 5.74) is 5.76. The molecule has 0 aliphatic carbocycles. The van der Waals surface area contributed by atoms with Crippen LogP contribution in [0.25, 0.3) is 34.1 Å². The maximum Gasteiger partial charge on any atom is 0.248 e. The molecule has 1 N–H and O–H groups in total. The summed E-state index contributed by atoms with van der Waals surface area (Å²) in [6.45, 7) is 8.10. The summed E-state index contributed by atoms with van der Waals surface area (Å²) in [5, 5.41) is 13.2. The maximum absolute atomic E-state index is 12.7. The summed E-state index contributed by atoms with van der Waals surface area (Å²) in [6.07, 6.45) is 3.03. The van der Waals surface area contributed by atoms with E-state index in [1.54, 1.807) is 41.2 Å². The van der Waals surface area contributed by atoms with Crippen molar-refractivity contribution in [2.45, 2.75) is 20.8 Å². The monoisotopic (exact) mass is 559 g/mol. The topological polar surface area (TPSA) is 76.2 Å². The second-order valence-electron chi connectivity index (χ2n) is 9.02. The minimum Gasteiger partial charge on any atom is -0.457 e. The Balaban J connectivity index is 1.30. The first-order chi connectivity index (χ1) is 18.8. The second-order valence-corrected chi connectivity index (χ2v) is 9.89. The van der Waals surface area contributed by atoms with Crippen molar-refractivity contribution >= 4 is 57.6 Å². The van der Waals surface area contributed by atoms with Crippen molar-refractivity contribution in [2.75, 3.05) is 23.3 Å². The number of aromatic nitrogens is 3. The quantitative estimate of drug-likeness (QED) is 0.196. The van der Waals surface area contributed by atoms with Crippen molar-refractivity contribution < 1.29 is 9.21 Å². The van der Waals surface area contributed by atoms with Gasteiger partial charge in [0.2, 0.25) is 5.91 Å². The van der Waals surface area contributed by atoms with Gasteiger partial charge in [-0.05, 0) is 99.1 Å². The van der Waals surface area contributed by atoms with Crippen molar-refractivity contribution in [3.63, 3.8) is 0 Å². The van der Waals surface area contributed by atoms with E-state index in [9.17, 15) is 4.79 Å². The highest BCUT2D eigenvalue weighted by molar-refractivity contribution is 6.35. The molecule has 2 aromatic heterocycles. The lowest BCUT2D eigenvalue weighted by Crippen LogP contribution is -2.21. The number of aryl methyl sites for hydroxylation is 1. The molecule has 7 nitrogen and oxygen atoms in total. The van der Waals surface area contributed by atoms with Crippen LogP contribution in [0.15, 0.2) is 77.2 Å². The Bertz CT molecular complexity index is 1650. The number of hydrogen-bond donors (Lipinski definition) is 1. The highest BCUT2D eigenvalue weighted by Gasteiger charge is 2.11. The normalized spacial score (nSPS) is 11.4. The molecule has 1 amide bonds. The van der Waals surface area contributed by atoms with Crippen LogP contribution in [0.5, 0.6) is 0 Å². The molecular formula is C30H27Cl2N5O2. The second kappa shape index (κ2) is 11.4. The molecule has 0 aliphatic heterocycles. The van der Waals surface area contributed by atoms with Crippen LogP contribution >= 0.6 is 23.2 Å². The fourth-order valence-corrected chi connectivity index (χ4v) is 4.86. The highest BCUT2D eigenvalue weighted by atomic mass is 35.5. The van der Waals surface area contributed by atoms with Gasteiger partial charge in [0.1, 0.15) is 22.6 Å². The van der Waals surface area contributed by atoms with Gasteiger partial charge in [0.05, 0.1) is 5.69 Å². The van der Waals surface area contributed by atoms with Crippen molar-refractivity contribution in [1.82, 2.24) is 15.0 Å². The van der Waals surface area contributed by atoms with Crippen LogP contribution < -0.4 is 10.2 Å². The lowest BCUT2D eigenvalue weighted by atomic mass is 10.1. The first kappa shape index (κ1) is 26.5. The lowest BCUT2D eigenvalue weighted by Gasteiger charge is -2.20. The van der Waals surface area contributed by atoms with Crippen LogP contribution in [0.3, 0.4) is 0 Å². The summed E-state index contributed by atoms with van der Waals surface area (Å²) in [5.74, 6) is 0.838. The van der Waals surface area contributed by atoms with Gasteiger partial charge in [0.25, 0.3) is 0 Å². The average molecular weight is 560 g/mol. The molecule has 0 radical (unpaired) electrons. The van der Waals surface area contributed by atoms with Crippen LogP contribution in [0, 0.1) is 6.92 Å². The number of halogens is 2. The number of rotatable bonds is 8. The molecule has 5 rings (SSSR count). The number of benzene rings is 3. The van der Waals surface area contributed by atoms with E-state index in [1.807, 2.05) is 31.2 Å². The van der Waals surface area contributed by atoms with E-state index in [0.717, 1.165) is 41.1 Å². The molecule has 5 aromatic rings. The van der Waals surface area contributed by atoms with Crippen LogP contribution in [-0.2, 0) is 4.79 Å².